The summed E-state index contributed by atoms with van der Waals surface area (Å²) in [7, 11) is 0. The van der Waals surface area contributed by atoms with Gasteiger partial charge in [0.2, 0.25) is 0 Å². The second-order valence-corrected chi connectivity index (χ2v) is 4.65. The summed E-state index contributed by atoms with van der Waals surface area (Å²) < 4.78 is 17.2. The Morgan fingerprint density at radius 1 is 1.44 bits per heavy atom. The molecule has 0 bridgehead atoms. The van der Waals surface area contributed by atoms with Gasteiger partial charge in [-0.1, -0.05) is 13.0 Å². The summed E-state index contributed by atoms with van der Waals surface area (Å²) in [5.74, 6) is 0.681. The molecule has 1 N–H and O–H groups in total. The van der Waals surface area contributed by atoms with Gasteiger partial charge in [-0.3, -0.25) is 9.18 Å². The molecule has 0 saturated carbocycles. The van der Waals surface area contributed by atoms with Crippen molar-refractivity contribution in [1.82, 2.24) is 0 Å². The summed E-state index contributed by atoms with van der Waals surface area (Å²) in [6, 6.07) is 5.81. The smallest absolute Gasteiger partial charge is 0.311 e. The molecule has 2 rings (SSSR count). The average Bonchev–Trinajstić information content (AvgIpc) is 2.34. The van der Waals surface area contributed by atoms with Crippen LogP contribution in [0.5, 0.6) is 5.75 Å². The van der Waals surface area contributed by atoms with E-state index < -0.39 is 0 Å². The molecule has 3 nitrogen and oxygen atoms in total. The van der Waals surface area contributed by atoms with Gasteiger partial charge in [0.15, 0.2) is 0 Å². The van der Waals surface area contributed by atoms with Crippen molar-refractivity contribution in [2.45, 2.75) is 32.1 Å². The van der Waals surface area contributed by atoms with Crippen LogP contribution < -0.4 is 10.1 Å². The predicted molar refractivity (Wildman–Crippen MR) is 68.8 cm³/mol. The number of fused-ring (bicyclic) bond motifs is 1. The highest BCUT2D eigenvalue weighted by Gasteiger charge is 2.23. The SMILES string of the molecule is CC1CC(=O)Oc2cc(NCCCCF)ccc21. The minimum atomic E-state index is -0.277. The molecule has 4 heteroatoms. The van der Waals surface area contributed by atoms with Crippen LogP contribution in [-0.2, 0) is 4.79 Å². The van der Waals surface area contributed by atoms with E-state index in [1.165, 1.54) is 0 Å². The van der Waals surface area contributed by atoms with E-state index in [9.17, 15) is 9.18 Å². The minimum absolute atomic E-state index is 0.176. The normalized spacial score (nSPS) is 18.1. The lowest BCUT2D eigenvalue weighted by Crippen LogP contribution is -2.18. The molecule has 0 amide bonds. The molecule has 1 atom stereocenters. The van der Waals surface area contributed by atoms with Crippen molar-refractivity contribution in [2.75, 3.05) is 18.5 Å². The van der Waals surface area contributed by atoms with Crippen molar-refractivity contribution in [3.8, 4) is 5.75 Å². The number of esters is 1. The summed E-state index contributed by atoms with van der Waals surface area (Å²) >= 11 is 0. The van der Waals surface area contributed by atoms with Crippen molar-refractivity contribution < 1.29 is 13.9 Å². The van der Waals surface area contributed by atoms with Crippen molar-refractivity contribution in [3.63, 3.8) is 0 Å². The summed E-state index contributed by atoms with van der Waals surface area (Å²) in [6.07, 6.45) is 1.81. The van der Waals surface area contributed by atoms with Gasteiger partial charge in [0.1, 0.15) is 5.75 Å². The molecule has 1 aliphatic heterocycles. The highest BCUT2D eigenvalue weighted by Crippen LogP contribution is 2.35. The molecule has 0 saturated heterocycles. The first-order valence-electron chi connectivity index (χ1n) is 6.35. The highest BCUT2D eigenvalue weighted by molar-refractivity contribution is 5.77. The standard InChI is InChI=1S/C14H18FNO2/c1-10-8-14(17)18-13-9-11(4-5-12(10)13)16-7-3-2-6-15/h4-5,9-10,16H,2-3,6-8H2,1H3. The molecule has 1 aromatic rings. The number of halogens is 1. The molecule has 0 radical (unpaired) electrons. The Kier molecular flexibility index (Phi) is 4.18. The van der Waals surface area contributed by atoms with Gasteiger partial charge in [-0.15, -0.1) is 0 Å². The van der Waals surface area contributed by atoms with Crippen LogP contribution in [0.25, 0.3) is 0 Å². The maximum atomic E-state index is 11.9. The number of hydrogen-bond acceptors (Lipinski definition) is 3. The zero-order valence-corrected chi connectivity index (χ0v) is 10.5. The topological polar surface area (TPSA) is 38.3 Å². The van der Waals surface area contributed by atoms with Gasteiger partial charge in [-0.25, -0.2) is 0 Å². The Balaban J connectivity index is 2.02. The van der Waals surface area contributed by atoms with Gasteiger partial charge in [0, 0.05) is 18.3 Å². The number of carbonyl (C=O) groups excluding carboxylic acids is 1. The van der Waals surface area contributed by atoms with E-state index >= 15 is 0 Å². The number of hydrogen-bond donors (Lipinski definition) is 1. The Labute approximate surface area is 106 Å². The lowest BCUT2D eigenvalue weighted by molar-refractivity contribution is -0.135. The van der Waals surface area contributed by atoms with Crippen molar-refractivity contribution in [2.24, 2.45) is 0 Å². The number of ether oxygens (including phenoxy) is 1. The summed E-state index contributed by atoms with van der Waals surface area (Å²) in [5, 5.41) is 3.20. The van der Waals surface area contributed by atoms with Gasteiger partial charge in [-0.2, -0.15) is 0 Å². The molecule has 1 aliphatic rings. The first kappa shape index (κ1) is 12.9. The third kappa shape index (κ3) is 3.00. The summed E-state index contributed by atoms with van der Waals surface area (Å²) in [6.45, 7) is 2.47. The minimum Gasteiger partial charge on any atom is -0.426 e. The molecule has 0 aromatic heterocycles. The molecule has 18 heavy (non-hydrogen) atoms. The molecule has 1 aromatic carbocycles. The van der Waals surface area contributed by atoms with Crippen LogP contribution >= 0.6 is 0 Å². The Morgan fingerprint density at radius 2 is 2.28 bits per heavy atom. The van der Waals surface area contributed by atoms with Gasteiger partial charge < -0.3 is 10.1 Å². The maximum absolute atomic E-state index is 11.9. The third-order valence-electron chi connectivity index (χ3n) is 3.13. The zero-order chi connectivity index (χ0) is 13.0. The monoisotopic (exact) mass is 251 g/mol. The van der Waals surface area contributed by atoms with Crippen LogP contribution in [0.4, 0.5) is 10.1 Å². The second kappa shape index (κ2) is 5.85. The lowest BCUT2D eigenvalue weighted by Gasteiger charge is -2.22. The highest BCUT2D eigenvalue weighted by atomic mass is 19.1. The van der Waals surface area contributed by atoms with Gasteiger partial charge in [0.25, 0.3) is 0 Å². The molecule has 1 heterocycles. The number of anilines is 1. The van der Waals surface area contributed by atoms with Crippen LogP contribution in [-0.4, -0.2) is 19.2 Å². The van der Waals surface area contributed by atoms with Crippen LogP contribution in [0.3, 0.4) is 0 Å². The molecule has 1 unspecified atom stereocenters. The molecular formula is C14H18FNO2. The maximum Gasteiger partial charge on any atom is 0.311 e. The Morgan fingerprint density at radius 3 is 3.06 bits per heavy atom. The predicted octanol–water partition coefficient (Wildman–Crippen LogP) is 3.26. The summed E-state index contributed by atoms with van der Waals surface area (Å²) in [4.78, 5) is 11.4. The lowest BCUT2D eigenvalue weighted by atomic mass is 9.94. The number of nitrogens with one attached hydrogen (secondary N) is 1. The Hall–Kier alpha value is -1.58. The number of benzene rings is 1. The van der Waals surface area contributed by atoms with Crippen LogP contribution in [0.1, 0.15) is 37.7 Å². The number of rotatable bonds is 5. The van der Waals surface area contributed by atoms with Crippen LogP contribution in [0, 0.1) is 0 Å². The largest absolute Gasteiger partial charge is 0.426 e. The van der Waals surface area contributed by atoms with Crippen molar-refractivity contribution in [3.05, 3.63) is 23.8 Å². The van der Waals surface area contributed by atoms with Crippen LogP contribution in [0.15, 0.2) is 18.2 Å². The molecule has 0 aliphatic carbocycles. The van der Waals surface area contributed by atoms with E-state index in [0.717, 1.165) is 24.2 Å². The van der Waals surface area contributed by atoms with E-state index in [2.05, 4.69) is 5.32 Å². The van der Waals surface area contributed by atoms with E-state index in [4.69, 9.17) is 4.74 Å². The number of alkyl halides is 1. The van der Waals surface area contributed by atoms with E-state index in [1.807, 2.05) is 25.1 Å². The quantitative estimate of drug-likeness (QED) is 0.496. The van der Waals surface area contributed by atoms with Gasteiger partial charge in [-0.05, 0) is 30.4 Å². The second-order valence-electron chi connectivity index (χ2n) is 4.65. The van der Waals surface area contributed by atoms with Gasteiger partial charge >= 0.3 is 5.97 Å². The molecule has 98 valence electrons. The van der Waals surface area contributed by atoms with Gasteiger partial charge in [0.05, 0.1) is 13.1 Å². The molecule has 0 fully saturated rings. The Bertz CT molecular complexity index is 434. The first-order valence-corrected chi connectivity index (χ1v) is 6.35. The van der Waals surface area contributed by atoms with E-state index in [0.29, 0.717) is 18.6 Å². The van der Waals surface area contributed by atoms with Crippen molar-refractivity contribution in [1.29, 1.82) is 0 Å². The first-order chi connectivity index (χ1) is 8.70. The van der Waals surface area contributed by atoms with Crippen molar-refractivity contribution >= 4 is 11.7 Å². The van der Waals surface area contributed by atoms with E-state index in [-0.39, 0.29) is 18.6 Å². The summed E-state index contributed by atoms with van der Waals surface area (Å²) in [5.41, 5.74) is 1.98. The molecule has 0 spiro atoms. The fraction of sp³-hybridized carbons (Fsp3) is 0.500. The fourth-order valence-electron chi connectivity index (χ4n) is 2.12. The number of unbranched alkanes of at least 4 members (excludes halogenated alkanes) is 1. The zero-order valence-electron chi connectivity index (χ0n) is 10.5. The fourth-order valence-corrected chi connectivity index (χ4v) is 2.12. The third-order valence-corrected chi connectivity index (χ3v) is 3.13. The molecular weight excluding hydrogens is 233 g/mol. The van der Waals surface area contributed by atoms with Crippen LogP contribution in [0.2, 0.25) is 0 Å². The van der Waals surface area contributed by atoms with E-state index in [1.54, 1.807) is 0 Å². The number of carbonyl (C=O) groups is 1. The average molecular weight is 251 g/mol.